The summed E-state index contributed by atoms with van der Waals surface area (Å²) in [6, 6.07) is 6.31. The van der Waals surface area contributed by atoms with Crippen molar-refractivity contribution in [1.29, 1.82) is 0 Å². The Morgan fingerprint density at radius 3 is 2.26 bits per heavy atom. The van der Waals surface area contributed by atoms with Crippen molar-refractivity contribution in [3.8, 4) is 11.3 Å². The summed E-state index contributed by atoms with van der Waals surface area (Å²) in [5.41, 5.74) is 3.63. The predicted octanol–water partition coefficient (Wildman–Crippen LogP) is 4.45. The summed E-state index contributed by atoms with van der Waals surface area (Å²) in [7, 11) is 0. The number of nitrogens with zero attached hydrogens (tertiary/aromatic N) is 4. The number of carbonyl (C=O) groups is 2. The number of likely N-dealkylation sites (tertiary alicyclic amines) is 1. The van der Waals surface area contributed by atoms with Gasteiger partial charge in [-0.05, 0) is 29.5 Å². The monoisotopic (exact) mass is 580 g/mol. The van der Waals surface area contributed by atoms with Gasteiger partial charge in [-0.25, -0.2) is 14.6 Å². The summed E-state index contributed by atoms with van der Waals surface area (Å²) in [6.07, 6.45) is -3.34. The number of pyridine rings is 1. The first-order valence-corrected chi connectivity index (χ1v) is 12.1. The summed E-state index contributed by atoms with van der Waals surface area (Å²) in [5.74, 6) is -4.47. The van der Waals surface area contributed by atoms with Crippen LogP contribution < -0.4 is 0 Å². The zero-order chi connectivity index (χ0) is 28.8. The highest BCUT2D eigenvalue weighted by Gasteiger charge is 2.43. The van der Waals surface area contributed by atoms with Gasteiger partial charge in [0.05, 0.1) is 18.4 Å². The molecule has 2 aliphatic heterocycles. The summed E-state index contributed by atoms with van der Waals surface area (Å²) in [5, 5.41) is 18.6. The van der Waals surface area contributed by atoms with E-state index >= 15 is 0 Å². The zero-order valence-electron chi connectivity index (χ0n) is 19.9. The van der Waals surface area contributed by atoms with Crippen molar-refractivity contribution in [2.24, 2.45) is 0 Å². The Bertz CT molecular complexity index is 1230. The SMILES string of the molecule is O=C(O)C(F)(F)F.O=C(O)C(F)(F)F.c1cncc(CN2CCC3(C2)Cn2c(-c4ccsc4)cnc2CO3)c1. The number of thiophene rings is 1. The molecule has 5 rings (SSSR count). The molecule has 2 aliphatic rings. The minimum absolute atomic E-state index is 0.0965. The molecule has 0 aliphatic carbocycles. The molecule has 1 unspecified atom stereocenters. The molecular formula is C23H22F6N4O5S. The maximum atomic E-state index is 10.6. The highest BCUT2D eigenvalue weighted by atomic mass is 32.1. The number of halogens is 6. The molecule has 3 aromatic heterocycles. The highest BCUT2D eigenvalue weighted by molar-refractivity contribution is 7.08. The fraction of sp³-hybridized carbons (Fsp3) is 0.391. The van der Waals surface area contributed by atoms with Crippen LogP contribution in [0.5, 0.6) is 0 Å². The van der Waals surface area contributed by atoms with Crippen LogP contribution in [0.25, 0.3) is 11.3 Å². The standard InChI is InChI=1S/C19H20N4OS.2C2HF3O2/c1-2-15(8-20-5-1)10-22-6-4-19(13-22)14-23-17(16-3-7-25-12-16)9-21-18(23)11-24-19;2*3-2(4,5)1(6)7/h1-3,5,7-9,12H,4,6,10-11,13-14H2;2*(H,6,7). The van der Waals surface area contributed by atoms with Crippen molar-refractivity contribution in [2.75, 3.05) is 13.1 Å². The first kappa shape index (κ1) is 30.0. The molecule has 1 spiro atoms. The van der Waals surface area contributed by atoms with Crippen LogP contribution in [0.3, 0.4) is 0 Å². The third-order valence-corrected chi connectivity index (χ3v) is 6.40. The van der Waals surface area contributed by atoms with E-state index in [9.17, 15) is 26.3 Å². The summed E-state index contributed by atoms with van der Waals surface area (Å²) in [4.78, 5) is 29.1. The average molecular weight is 581 g/mol. The van der Waals surface area contributed by atoms with Gasteiger partial charge >= 0.3 is 24.3 Å². The highest BCUT2D eigenvalue weighted by Crippen LogP contribution is 2.36. The molecule has 0 radical (unpaired) electrons. The quantitative estimate of drug-likeness (QED) is 0.437. The van der Waals surface area contributed by atoms with E-state index in [2.05, 4.69) is 42.3 Å². The first-order valence-electron chi connectivity index (χ1n) is 11.1. The number of alkyl halides is 6. The molecule has 3 aromatic rings. The number of fused-ring (bicyclic) bond motifs is 1. The fourth-order valence-electron chi connectivity index (χ4n) is 3.96. The Kier molecular flexibility index (Phi) is 9.34. The van der Waals surface area contributed by atoms with Gasteiger partial charge in [0.2, 0.25) is 0 Å². The van der Waals surface area contributed by atoms with Gasteiger partial charge in [0.15, 0.2) is 0 Å². The van der Waals surface area contributed by atoms with E-state index in [1.807, 2.05) is 24.7 Å². The predicted molar refractivity (Wildman–Crippen MR) is 125 cm³/mol. The first-order chi connectivity index (χ1) is 18.2. The van der Waals surface area contributed by atoms with Gasteiger partial charge in [-0.2, -0.15) is 37.7 Å². The number of hydrogen-bond acceptors (Lipinski definition) is 7. The Balaban J connectivity index is 0.000000251. The number of rotatable bonds is 3. The molecule has 39 heavy (non-hydrogen) atoms. The number of carboxylic acids is 2. The molecule has 1 saturated heterocycles. The molecule has 0 aromatic carbocycles. The smallest absolute Gasteiger partial charge is 0.475 e. The normalized spacial score (nSPS) is 18.9. The minimum atomic E-state index is -5.08. The van der Waals surface area contributed by atoms with E-state index in [0.717, 1.165) is 38.4 Å². The molecular weight excluding hydrogens is 558 g/mol. The van der Waals surface area contributed by atoms with Crippen molar-refractivity contribution in [3.05, 3.63) is 58.9 Å². The van der Waals surface area contributed by atoms with Crippen LogP contribution >= 0.6 is 11.3 Å². The minimum Gasteiger partial charge on any atom is -0.475 e. The number of carboxylic acid groups (broad SMARTS) is 2. The van der Waals surface area contributed by atoms with E-state index in [1.165, 1.54) is 16.8 Å². The summed E-state index contributed by atoms with van der Waals surface area (Å²) in [6.45, 7) is 4.45. The molecule has 2 N–H and O–H groups in total. The van der Waals surface area contributed by atoms with Crippen molar-refractivity contribution in [3.63, 3.8) is 0 Å². The van der Waals surface area contributed by atoms with Gasteiger partial charge in [0.1, 0.15) is 18.0 Å². The lowest BCUT2D eigenvalue weighted by atomic mass is 10.0. The van der Waals surface area contributed by atoms with Crippen LogP contribution in [0.2, 0.25) is 0 Å². The second-order valence-electron chi connectivity index (χ2n) is 8.56. The Labute approximate surface area is 221 Å². The number of ether oxygens (including phenoxy) is 1. The zero-order valence-corrected chi connectivity index (χ0v) is 20.8. The lowest BCUT2D eigenvalue weighted by molar-refractivity contribution is -0.193. The third kappa shape index (κ3) is 8.24. The lowest BCUT2D eigenvalue weighted by Gasteiger charge is -2.35. The van der Waals surface area contributed by atoms with Crippen molar-refractivity contribution in [1.82, 2.24) is 19.4 Å². The summed E-state index contributed by atoms with van der Waals surface area (Å²) < 4.78 is 72.1. The van der Waals surface area contributed by atoms with E-state index in [-0.39, 0.29) is 5.60 Å². The summed E-state index contributed by atoms with van der Waals surface area (Å²) >= 11 is 1.73. The lowest BCUT2D eigenvalue weighted by Crippen LogP contribution is -2.44. The van der Waals surface area contributed by atoms with E-state index in [4.69, 9.17) is 24.5 Å². The number of aromatic nitrogens is 3. The van der Waals surface area contributed by atoms with Crippen LogP contribution in [0.1, 0.15) is 17.8 Å². The van der Waals surface area contributed by atoms with Gasteiger partial charge in [0, 0.05) is 43.0 Å². The Morgan fingerprint density at radius 2 is 1.72 bits per heavy atom. The second-order valence-corrected chi connectivity index (χ2v) is 9.34. The van der Waals surface area contributed by atoms with Gasteiger partial charge in [-0.15, -0.1) is 0 Å². The van der Waals surface area contributed by atoms with Crippen LogP contribution in [0.15, 0.2) is 47.5 Å². The molecule has 16 heteroatoms. The number of imidazole rings is 1. The third-order valence-electron chi connectivity index (χ3n) is 5.72. The molecule has 1 atom stereocenters. The molecule has 212 valence electrons. The van der Waals surface area contributed by atoms with E-state index in [0.29, 0.717) is 6.61 Å². The number of aliphatic carboxylic acids is 2. The fourth-order valence-corrected chi connectivity index (χ4v) is 4.61. The molecule has 9 nitrogen and oxygen atoms in total. The van der Waals surface area contributed by atoms with Crippen LogP contribution in [-0.2, 0) is 34.0 Å². The maximum absolute atomic E-state index is 10.6. The maximum Gasteiger partial charge on any atom is 0.490 e. The van der Waals surface area contributed by atoms with E-state index in [1.54, 1.807) is 11.3 Å². The average Bonchev–Trinajstić information content (AvgIpc) is 3.60. The van der Waals surface area contributed by atoms with Gasteiger partial charge in [-0.1, -0.05) is 6.07 Å². The topological polar surface area (TPSA) is 118 Å². The van der Waals surface area contributed by atoms with Gasteiger partial charge < -0.3 is 19.5 Å². The van der Waals surface area contributed by atoms with Crippen molar-refractivity contribution >= 4 is 23.3 Å². The Hall–Kier alpha value is -3.50. The van der Waals surface area contributed by atoms with Crippen LogP contribution in [0, 0.1) is 0 Å². The van der Waals surface area contributed by atoms with Crippen molar-refractivity contribution in [2.45, 2.75) is 44.1 Å². The molecule has 1 fully saturated rings. The molecule has 0 bridgehead atoms. The van der Waals surface area contributed by atoms with Crippen LogP contribution in [0.4, 0.5) is 26.3 Å². The van der Waals surface area contributed by atoms with Crippen molar-refractivity contribution < 1.29 is 50.9 Å². The van der Waals surface area contributed by atoms with Gasteiger partial charge in [-0.3, -0.25) is 9.88 Å². The van der Waals surface area contributed by atoms with E-state index < -0.39 is 24.3 Å². The number of hydrogen-bond donors (Lipinski definition) is 2. The second kappa shape index (κ2) is 12.1. The molecule has 0 amide bonds. The largest absolute Gasteiger partial charge is 0.490 e. The Morgan fingerprint density at radius 1 is 1.05 bits per heavy atom. The van der Waals surface area contributed by atoms with Crippen LogP contribution in [-0.4, -0.2) is 72.6 Å². The molecule has 5 heterocycles. The van der Waals surface area contributed by atoms with Gasteiger partial charge in [0.25, 0.3) is 0 Å². The molecule has 0 saturated carbocycles.